The van der Waals surface area contributed by atoms with E-state index in [4.69, 9.17) is 4.74 Å². The van der Waals surface area contributed by atoms with Crippen LogP contribution in [0, 0.1) is 0 Å². The van der Waals surface area contributed by atoms with Crippen LogP contribution in [0.3, 0.4) is 0 Å². The molecule has 1 heterocycles. The largest absolute Gasteiger partial charge is 0.379 e. The zero-order valence-electron chi connectivity index (χ0n) is 17.6. The molecule has 7 nitrogen and oxygen atoms in total. The second-order valence-electron chi connectivity index (χ2n) is 7.64. The lowest BCUT2D eigenvalue weighted by atomic mass is 10.0. The number of carbonyl (C=O) groups is 1. The molecular formula is C22H29N3O4S. The molecule has 2 aromatic rings. The number of ether oxygens (including phenoxy) is 1. The molecule has 0 spiro atoms. The van der Waals surface area contributed by atoms with Gasteiger partial charge in [-0.3, -0.25) is 4.79 Å². The Hall–Kier alpha value is -2.42. The van der Waals surface area contributed by atoms with E-state index in [2.05, 4.69) is 24.5 Å². The van der Waals surface area contributed by atoms with Gasteiger partial charge in [0.25, 0.3) is 0 Å². The highest BCUT2D eigenvalue weighted by molar-refractivity contribution is 7.89. The van der Waals surface area contributed by atoms with Gasteiger partial charge in [-0.05, 0) is 42.7 Å². The summed E-state index contributed by atoms with van der Waals surface area (Å²) < 4.78 is 32.3. The minimum absolute atomic E-state index is 0.160. The van der Waals surface area contributed by atoms with E-state index in [-0.39, 0.29) is 10.8 Å². The molecule has 0 aliphatic carbocycles. The first-order chi connectivity index (χ1) is 14.3. The van der Waals surface area contributed by atoms with Gasteiger partial charge < -0.3 is 15.4 Å². The van der Waals surface area contributed by atoms with Crippen molar-refractivity contribution in [3.8, 4) is 0 Å². The molecule has 0 saturated carbocycles. The Morgan fingerprint density at radius 3 is 2.43 bits per heavy atom. The van der Waals surface area contributed by atoms with E-state index in [1.807, 2.05) is 24.3 Å². The number of nitrogens with one attached hydrogen (secondary N) is 2. The van der Waals surface area contributed by atoms with Crippen LogP contribution in [0.1, 0.15) is 32.3 Å². The fourth-order valence-electron chi connectivity index (χ4n) is 3.35. The van der Waals surface area contributed by atoms with Crippen LogP contribution in [0.15, 0.2) is 53.4 Å². The van der Waals surface area contributed by atoms with Crippen molar-refractivity contribution < 1.29 is 17.9 Å². The zero-order valence-corrected chi connectivity index (χ0v) is 18.4. The van der Waals surface area contributed by atoms with Crippen molar-refractivity contribution in [3.63, 3.8) is 0 Å². The summed E-state index contributed by atoms with van der Waals surface area (Å²) in [6.45, 7) is 7.41. The van der Waals surface area contributed by atoms with Gasteiger partial charge in [0.05, 0.1) is 18.1 Å². The molecule has 1 amide bonds. The average molecular weight is 432 g/mol. The number of para-hydroxylation sites is 1. The molecule has 3 rings (SSSR count). The Bertz CT molecular complexity index is 985. The van der Waals surface area contributed by atoms with Crippen LogP contribution < -0.4 is 10.6 Å². The third kappa shape index (κ3) is 5.19. The molecular weight excluding hydrogens is 402 g/mol. The summed E-state index contributed by atoms with van der Waals surface area (Å²) in [5.41, 5.74) is 2.50. The van der Waals surface area contributed by atoms with E-state index in [1.165, 1.54) is 10.4 Å². The lowest BCUT2D eigenvalue weighted by Gasteiger charge is -2.26. The first kappa shape index (κ1) is 22.3. The Kier molecular flexibility index (Phi) is 7.12. The summed E-state index contributed by atoms with van der Waals surface area (Å²) in [7, 11) is -3.62. The third-order valence-corrected chi connectivity index (χ3v) is 6.95. The van der Waals surface area contributed by atoms with Gasteiger partial charge in [0.2, 0.25) is 15.9 Å². The molecule has 0 aromatic heterocycles. The van der Waals surface area contributed by atoms with Crippen molar-refractivity contribution in [1.82, 2.24) is 4.31 Å². The quantitative estimate of drug-likeness (QED) is 0.703. The van der Waals surface area contributed by atoms with E-state index in [0.29, 0.717) is 37.9 Å². The van der Waals surface area contributed by atoms with Gasteiger partial charge in [-0.15, -0.1) is 0 Å². The van der Waals surface area contributed by atoms with Crippen LogP contribution in [0.5, 0.6) is 0 Å². The molecule has 2 N–H and O–H groups in total. The number of benzene rings is 2. The van der Waals surface area contributed by atoms with Crippen LogP contribution in [0.25, 0.3) is 0 Å². The van der Waals surface area contributed by atoms with Gasteiger partial charge in [-0.25, -0.2) is 8.42 Å². The Labute approximate surface area is 178 Å². The molecule has 8 heteroatoms. The summed E-state index contributed by atoms with van der Waals surface area (Å²) in [6.07, 6.45) is 0. The van der Waals surface area contributed by atoms with Crippen molar-refractivity contribution in [2.45, 2.75) is 37.6 Å². The van der Waals surface area contributed by atoms with Gasteiger partial charge in [0, 0.05) is 24.5 Å². The summed E-state index contributed by atoms with van der Waals surface area (Å²) in [4.78, 5) is 12.9. The second-order valence-corrected chi connectivity index (χ2v) is 9.58. The van der Waals surface area contributed by atoms with Crippen molar-refractivity contribution in [3.05, 3.63) is 54.1 Å². The van der Waals surface area contributed by atoms with Gasteiger partial charge in [0.15, 0.2) is 0 Å². The fourth-order valence-corrected chi connectivity index (χ4v) is 4.81. The molecule has 30 heavy (non-hydrogen) atoms. The van der Waals surface area contributed by atoms with E-state index >= 15 is 0 Å². The first-order valence-corrected chi connectivity index (χ1v) is 11.6. The maximum Gasteiger partial charge on any atom is 0.246 e. The van der Waals surface area contributed by atoms with E-state index in [0.717, 1.165) is 11.3 Å². The highest BCUT2D eigenvalue weighted by Crippen LogP contribution is 2.25. The lowest BCUT2D eigenvalue weighted by molar-refractivity contribution is -0.116. The Morgan fingerprint density at radius 2 is 1.73 bits per heavy atom. The van der Waals surface area contributed by atoms with E-state index in [9.17, 15) is 13.2 Å². The topological polar surface area (TPSA) is 87.7 Å². The summed E-state index contributed by atoms with van der Waals surface area (Å²) in [6, 6.07) is 13.8. The highest BCUT2D eigenvalue weighted by atomic mass is 32.2. The molecule has 1 aliphatic rings. The number of hydrogen-bond acceptors (Lipinski definition) is 5. The van der Waals surface area contributed by atoms with Crippen molar-refractivity contribution in [1.29, 1.82) is 0 Å². The number of anilines is 2. The van der Waals surface area contributed by atoms with Gasteiger partial charge in [0.1, 0.15) is 6.04 Å². The van der Waals surface area contributed by atoms with Crippen LogP contribution in [-0.4, -0.2) is 51.0 Å². The predicted octanol–water partition coefficient (Wildman–Crippen LogP) is 3.27. The smallest absolute Gasteiger partial charge is 0.246 e. The third-order valence-electron chi connectivity index (χ3n) is 5.06. The highest BCUT2D eigenvalue weighted by Gasteiger charge is 2.26. The maximum atomic E-state index is 12.8. The summed E-state index contributed by atoms with van der Waals surface area (Å²) in [5, 5.41) is 6.07. The van der Waals surface area contributed by atoms with Crippen LogP contribution >= 0.6 is 0 Å². The molecule has 1 fully saturated rings. The number of sulfonamides is 1. The van der Waals surface area contributed by atoms with Gasteiger partial charge in [-0.1, -0.05) is 38.1 Å². The molecule has 0 radical (unpaired) electrons. The predicted molar refractivity (Wildman–Crippen MR) is 118 cm³/mol. The molecule has 0 unspecified atom stereocenters. The zero-order chi connectivity index (χ0) is 21.7. The minimum Gasteiger partial charge on any atom is -0.379 e. The number of carbonyl (C=O) groups excluding carboxylic acids is 1. The number of morpholine rings is 1. The first-order valence-electron chi connectivity index (χ1n) is 10.1. The standard InChI is InChI=1S/C22H29N3O4S/c1-16(2)20-9-4-5-10-21(20)23-17(3)22(26)24-18-7-6-8-19(15-18)30(27,28)25-11-13-29-14-12-25/h4-10,15-17,23H,11-14H2,1-3H3,(H,24,26)/t17-/m0/s1. The average Bonchev–Trinajstić information content (AvgIpc) is 2.74. The summed E-state index contributed by atoms with van der Waals surface area (Å²) in [5.74, 6) is 0.0838. The Balaban J connectivity index is 1.71. The fraction of sp³-hybridized carbons (Fsp3) is 0.409. The Morgan fingerprint density at radius 1 is 1.03 bits per heavy atom. The van der Waals surface area contributed by atoms with E-state index in [1.54, 1.807) is 25.1 Å². The number of hydrogen-bond donors (Lipinski definition) is 2. The van der Waals surface area contributed by atoms with Crippen LogP contribution in [-0.2, 0) is 19.6 Å². The van der Waals surface area contributed by atoms with Crippen molar-refractivity contribution in [2.24, 2.45) is 0 Å². The van der Waals surface area contributed by atoms with Crippen LogP contribution in [0.4, 0.5) is 11.4 Å². The molecule has 1 atom stereocenters. The monoisotopic (exact) mass is 431 g/mol. The minimum atomic E-state index is -3.62. The molecule has 162 valence electrons. The van der Waals surface area contributed by atoms with Gasteiger partial charge in [-0.2, -0.15) is 4.31 Å². The normalized spacial score (nSPS) is 16.3. The van der Waals surface area contributed by atoms with Gasteiger partial charge >= 0.3 is 0 Å². The number of amides is 1. The lowest BCUT2D eigenvalue weighted by Crippen LogP contribution is -2.40. The summed E-state index contributed by atoms with van der Waals surface area (Å²) >= 11 is 0. The maximum absolute atomic E-state index is 12.8. The molecule has 0 bridgehead atoms. The van der Waals surface area contributed by atoms with E-state index < -0.39 is 16.1 Å². The molecule has 1 saturated heterocycles. The van der Waals surface area contributed by atoms with Crippen molar-refractivity contribution >= 4 is 27.3 Å². The molecule has 2 aromatic carbocycles. The SMILES string of the molecule is CC(C)c1ccccc1N[C@@H](C)C(=O)Nc1cccc(S(=O)(=O)N2CCOCC2)c1. The van der Waals surface area contributed by atoms with Crippen LogP contribution in [0.2, 0.25) is 0 Å². The number of rotatable bonds is 7. The van der Waals surface area contributed by atoms with Crippen molar-refractivity contribution in [2.75, 3.05) is 36.9 Å². The second kappa shape index (κ2) is 9.59. The molecule has 1 aliphatic heterocycles. The number of nitrogens with zero attached hydrogens (tertiary/aromatic N) is 1.